The maximum atomic E-state index is 5.65. The average molecular weight is 207 g/mol. The largest absolute Gasteiger partial charge is 0.361 e. The smallest absolute Gasteiger partial charge is 0.126 e. The van der Waals surface area contributed by atoms with E-state index in [1.54, 1.807) is 12.3 Å². The maximum Gasteiger partial charge on any atom is 0.126 e. The van der Waals surface area contributed by atoms with Crippen molar-refractivity contribution in [2.75, 3.05) is 5.32 Å². The molecule has 0 amide bonds. The molecule has 1 rings (SSSR count). The number of hydrogen-bond donors (Lipinski definition) is 1. The Bertz CT molecular complexity index is 225. The van der Waals surface area contributed by atoms with E-state index in [2.05, 4.69) is 28.8 Å². The van der Waals surface area contributed by atoms with Crippen LogP contribution in [0.1, 0.15) is 0 Å². The predicted molar refractivity (Wildman–Crippen MR) is 56.1 cm³/mol. The fraction of sp³-hybridized carbons (Fsp3) is 0.167. The van der Waals surface area contributed by atoms with Gasteiger partial charge in [0.05, 0.1) is 10.5 Å². The molecule has 0 radical (unpaired) electrons. The van der Waals surface area contributed by atoms with Crippen LogP contribution in [0.4, 0.5) is 5.82 Å². The third-order valence-corrected chi connectivity index (χ3v) is 1.60. The van der Waals surface area contributed by atoms with Crippen molar-refractivity contribution in [3.8, 4) is 0 Å². The first-order valence-corrected chi connectivity index (χ1v) is 4.79. The van der Waals surface area contributed by atoms with E-state index < -0.39 is 0 Å². The number of aromatic nitrogens is 1. The highest BCUT2D eigenvalue weighted by Gasteiger charge is 1.94. The van der Waals surface area contributed by atoms with E-state index in [0.717, 1.165) is 5.82 Å². The Kier molecular flexibility index (Phi) is 3.51. The predicted octanol–water partition coefficient (Wildman–Crippen LogP) is 2.18. The monoisotopic (exact) mass is 206 g/mol. The van der Waals surface area contributed by atoms with Crippen LogP contribution in [-0.4, -0.2) is 10.5 Å². The van der Waals surface area contributed by atoms with Crippen molar-refractivity contribution in [3.63, 3.8) is 0 Å². The second kappa shape index (κ2) is 4.21. The van der Waals surface area contributed by atoms with Gasteiger partial charge in [-0.3, -0.25) is 0 Å². The van der Waals surface area contributed by atoms with Crippen molar-refractivity contribution >= 4 is 35.9 Å². The zero-order valence-corrected chi connectivity index (χ0v) is 8.85. The second-order valence-electron chi connectivity index (χ2n) is 2.03. The first-order chi connectivity index (χ1) is 5.18. The molecule has 60 valence electrons. The third-order valence-electron chi connectivity index (χ3n) is 1.04. The number of nitrogens with zero attached hydrogens (tertiary/aromatic N) is 1. The Morgan fingerprint density at radius 2 is 2.18 bits per heavy atom. The minimum Gasteiger partial charge on any atom is -0.361 e. The summed E-state index contributed by atoms with van der Waals surface area (Å²) in [6, 6.07) is 3.64. The lowest BCUT2D eigenvalue weighted by molar-refractivity contribution is 1.25. The van der Waals surface area contributed by atoms with Gasteiger partial charge in [-0.15, -0.1) is 18.5 Å². The molecule has 11 heavy (non-hydrogen) atoms. The van der Waals surface area contributed by atoms with Gasteiger partial charge in [0.1, 0.15) is 5.82 Å². The minimum absolute atomic E-state index is 0.240. The van der Waals surface area contributed by atoms with Gasteiger partial charge in [0.2, 0.25) is 0 Å². The summed E-state index contributed by atoms with van der Waals surface area (Å²) in [5, 5.41) is 3.74. The van der Waals surface area contributed by atoms with Crippen LogP contribution in [0.3, 0.4) is 0 Å². The fourth-order valence-corrected chi connectivity index (χ4v) is 1.09. The van der Waals surface area contributed by atoms with E-state index >= 15 is 0 Å². The van der Waals surface area contributed by atoms with Gasteiger partial charge in [0.25, 0.3) is 0 Å². The van der Waals surface area contributed by atoms with Gasteiger partial charge in [-0.25, -0.2) is 4.98 Å². The quantitative estimate of drug-likeness (QED) is 0.751. The molecule has 5 heteroatoms. The molecule has 1 aromatic rings. The van der Waals surface area contributed by atoms with Crippen molar-refractivity contribution in [2.24, 2.45) is 0 Å². The number of nitrogens with one attached hydrogen (secondary N) is 1. The minimum atomic E-state index is 0.240. The van der Waals surface area contributed by atoms with Crippen LogP contribution in [0.2, 0.25) is 5.02 Å². The Balaban J connectivity index is 2.66. The van der Waals surface area contributed by atoms with Gasteiger partial charge in [0.15, 0.2) is 0 Å². The summed E-state index contributed by atoms with van der Waals surface area (Å²) in [6.45, 7) is 0. The zero-order valence-electron chi connectivity index (χ0n) is 5.79. The van der Waals surface area contributed by atoms with Crippen molar-refractivity contribution in [3.05, 3.63) is 23.4 Å². The fourth-order valence-electron chi connectivity index (χ4n) is 0.632. The van der Waals surface area contributed by atoms with Crippen molar-refractivity contribution in [1.29, 1.82) is 0 Å². The normalized spacial score (nSPS) is 10.2. The van der Waals surface area contributed by atoms with Gasteiger partial charge < -0.3 is 5.32 Å². The molecular weight excluding hydrogens is 197 g/mol. The summed E-state index contributed by atoms with van der Waals surface area (Å²) in [4.78, 5) is 4.05. The highest BCUT2D eigenvalue weighted by molar-refractivity contribution is 7.38. The van der Waals surface area contributed by atoms with E-state index in [1.165, 1.54) is 0 Å². The first-order valence-electron chi connectivity index (χ1n) is 3.08. The maximum absolute atomic E-state index is 5.65. The number of halogens is 1. The Hall–Kier alpha value is 0.1000. The van der Waals surface area contributed by atoms with E-state index in [1.807, 2.05) is 6.07 Å². The summed E-state index contributed by atoms with van der Waals surface area (Å²) in [6.07, 6.45) is 1.61. The van der Waals surface area contributed by atoms with Gasteiger partial charge in [0, 0.05) is 6.20 Å². The van der Waals surface area contributed by atoms with Crippen LogP contribution < -0.4 is 5.32 Å². The first kappa shape index (κ1) is 9.19. The summed E-state index contributed by atoms with van der Waals surface area (Å²) >= 11 is 5.65. The Labute approximate surface area is 75.5 Å². The molecule has 0 aliphatic rings. The van der Waals surface area contributed by atoms with E-state index in [-0.39, 0.29) is 5.52 Å². The van der Waals surface area contributed by atoms with Crippen molar-refractivity contribution in [1.82, 2.24) is 4.98 Å². The molecule has 0 aliphatic carbocycles. The SMILES string of the molecule is PC(P)Nc1ccc(Cl)cn1. The van der Waals surface area contributed by atoms with E-state index in [9.17, 15) is 0 Å². The molecule has 2 unspecified atom stereocenters. The Morgan fingerprint density at radius 3 is 2.64 bits per heavy atom. The molecule has 0 fully saturated rings. The van der Waals surface area contributed by atoms with Crippen LogP contribution in [0, 0.1) is 0 Å². The van der Waals surface area contributed by atoms with Gasteiger partial charge in [-0.1, -0.05) is 11.6 Å². The number of anilines is 1. The van der Waals surface area contributed by atoms with Gasteiger partial charge in [-0.2, -0.15) is 0 Å². The molecule has 2 nitrogen and oxygen atoms in total. The van der Waals surface area contributed by atoms with E-state index in [0.29, 0.717) is 5.02 Å². The molecule has 1 aromatic heterocycles. The van der Waals surface area contributed by atoms with Crippen molar-refractivity contribution < 1.29 is 0 Å². The average Bonchev–Trinajstić information content (AvgIpc) is 1.93. The number of pyridine rings is 1. The van der Waals surface area contributed by atoms with E-state index in [4.69, 9.17) is 11.6 Å². The molecule has 1 heterocycles. The lowest BCUT2D eigenvalue weighted by atomic mass is 10.5. The number of rotatable bonds is 2. The second-order valence-corrected chi connectivity index (χ2v) is 4.67. The van der Waals surface area contributed by atoms with Crippen molar-refractivity contribution in [2.45, 2.75) is 5.52 Å². The van der Waals surface area contributed by atoms with Crippen LogP contribution in [0.25, 0.3) is 0 Å². The molecule has 0 aliphatic heterocycles. The molecule has 2 atom stereocenters. The molecular formula is C6H9ClN2P2. The highest BCUT2D eigenvalue weighted by Crippen LogP contribution is 2.14. The van der Waals surface area contributed by atoms with Crippen LogP contribution in [0.5, 0.6) is 0 Å². The van der Waals surface area contributed by atoms with Crippen LogP contribution in [-0.2, 0) is 0 Å². The molecule has 1 N–H and O–H groups in total. The molecule has 0 saturated heterocycles. The molecule has 0 aromatic carbocycles. The highest BCUT2D eigenvalue weighted by atomic mass is 35.5. The third kappa shape index (κ3) is 3.33. The molecule has 0 saturated carbocycles. The summed E-state index contributed by atoms with van der Waals surface area (Å²) in [7, 11) is 5.19. The van der Waals surface area contributed by atoms with Gasteiger partial charge >= 0.3 is 0 Å². The standard InChI is InChI=1S/C6H9ClN2P2/c7-4-1-2-5(8-3-4)9-6(10)11/h1-3,6H,10-11H2,(H,8,9). The number of hydrogen-bond acceptors (Lipinski definition) is 2. The summed E-state index contributed by atoms with van der Waals surface area (Å²) in [5.74, 6) is 0.824. The lowest BCUT2D eigenvalue weighted by Crippen LogP contribution is -2.03. The zero-order chi connectivity index (χ0) is 8.27. The van der Waals surface area contributed by atoms with Gasteiger partial charge in [-0.05, 0) is 12.1 Å². The lowest BCUT2D eigenvalue weighted by Gasteiger charge is -2.07. The van der Waals surface area contributed by atoms with Crippen LogP contribution in [0.15, 0.2) is 18.3 Å². The summed E-state index contributed by atoms with van der Waals surface area (Å²) < 4.78 is 0. The molecule has 0 spiro atoms. The molecule has 0 bridgehead atoms. The summed E-state index contributed by atoms with van der Waals surface area (Å²) in [5.41, 5.74) is 0.240. The van der Waals surface area contributed by atoms with Crippen LogP contribution >= 0.6 is 30.1 Å². The topological polar surface area (TPSA) is 24.9 Å². The Morgan fingerprint density at radius 1 is 1.45 bits per heavy atom.